The van der Waals surface area contributed by atoms with Gasteiger partial charge in [-0.15, -0.1) is 0 Å². The van der Waals surface area contributed by atoms with Crippen molar-refractivity contribution in [2.24, 2.45) is 0 Å². The number of benzene rings is 1. The molecule has 7 nitrogen and oxygen atoms in total. The van der Waals surface area contributed by atoms with Gasteiger partial charge in [-0.3, -0.25) is 0 Å². The maximum atomic E-state index is 9.52. The number of fused-ring (bicyclic) bond motifs is 1. The van der Waals surface area contributed by atoms with Crippen LogP contribution in [0.2, 0.25) is 0 Å². The minimum atomic E-state index is 0.207. The number of aryl methyl sites for hydroxylation is 1. The molecular formula is C22H30N6O. The molecule has 2 aromatic heterocycles. The molecule has 7 heteroatoms. The summed E-state index contributed by atoms with van der Waals surface area (Å²) >= 11 is 0. The van der Waals surface area contributed by atoms with Crippen LogP contribution in [-0.2, 0) is 6.42 Å². The molecule has 3 aromatic rings. The van der Waals surface area contributed by atoms with Crippen molar-refractivity contribution < 1.29 is 5.11 Å². The Balaban J connectivity index is 1.77. The Morgan fingerprint density at radius 1 is 1.21 bits per heavy atom. The van der Waals surface area contributed by atoms with Gasteiger partial charge in [0.25, 0.3) is 0 Å². The zero-order valence-corrected chi connectivity index (χ0v) is 17.2. The Hall–Kier alpha value is -2.80. The van der Waals surface area contributed by atoms with Gasteiger partial charge in [0.1, 0.15) is 11.6 Å². The van der Waals surface area contributed by atoms with Crippen LogP contribution in [0.3, 0.4) is 0 Å². The maximum absolute atomic E-state index is 9.52. The lowest BCUT2D eigenvalue weighted by Gasteiger charge is -2.36. The number of aromatic nitrogens is 3. The van der Waals surface area contributed by atoms with Gasteiger partial charge in [0, 0.05) is 49.2 Å². The van der Waals surface area contributed by atoms with E-state index in [1.807, 2.05) is 36.0 Å². The van der Waals surface area contributed by atoms with Gasteiger partial charge in [0.15, 0.2) is 5.65 Å². The zero-order chi connectivity index (χ0) is 20.2. The summed E-state index contributed by atoms with van der Waals surface area (Å²) < 4.78 is 1.89. The van der Waals surface area contributed by atoms with Crippen LogP contribution in [0.1, 0.15) is 38.2 Å². The lowest BCUT2D eigenvalue weighted by molar-refractivity contribution is 0.262. The molecule has 0 saturated carbocycles. The van der Waals surface area contributed by atoms with Crippen molar-refractivity contribution in [2.75, 3.05) is 35.7 Å². The Bertz CT molecular complexity index is 967. The number of piperidine rings is 1. The molecule has 1 aliphatic heterocycles. The topological polar surface area (TPSA) is 77.7 Å². The SMILES string of the molecule is CCc1cnn2c(Nc3cccc(NC)c3)cc(N3CCCCC3CCO)nc12. The van der Waals surface area contributed by atoms with Gasteiger partial charge in [-0.25, -0.2) is 4.98 Å². The van der Waals surface area contributed by atoms with Gasteiger partial charge in [0.2, 0.25) is 0 Å². The summed E-state index contributed by atoms with van der Waals surface area (Å²) in [7, 11) is 1.92. The van der Waals surface area contributed by atoms with Gasteiger partial charge < -0.3 is 20.6 Å². The Labute approximate surface area is 171 Å². The monoisotopic (exact) mass is 394 g/mol. The van der Waals surface area contributed by atoms with Crippen LogP contribution in [0.15, 0.2) is 36.5 Å². The zero-order valence-electron chi connectivity index (χ0n) is 17.2. The molecule has 0 amide bonds. The molecule has 0 bridgehead atoms. The third-order valence-corrected chi connectivity index (χ3v) is 5.72. The number of aliphatic hydroxyl groups excluding tert-OH is 1. The molecule has 154 valence electrons. The average Bonchev–Trinajstić information content (AvgIpc) is 3.18. The van der Waals surface area contributed by atoms with Crippen LogP contribution < -0.4 is 15.5 Å². The largest absolute Gasteiger partial charge is 0.396 e. The molecule has 3 heterocycles. The predicted molar refractivity (Wildman–Crippen MR) is 118 cm³/mol. The highest BCUT2D eigenvalue weighted by Crippen LogP contribution is 2.30. The van der Waals surface area contributed by atoms with E-state index in [9.17, 15) is 5.11 Å². The first-order chi connectivity index (χ1) is 14.2. The van der Waals surface area contributed by atoms with Gasteiger partial charge >= 0.3 is 0 Å². The second kappa shape index (κ2) is 8.69. The van der Waals surface area contributed by atoms with Crippen LogP contribution in [0.4, 0.5) is 23.0 Å². The van der Waals surface area contributed by atoms with Crippen molar-refractivity contribution in [1.82, 2.24) is 14.6 Å². The lowest BCUT2D eigenvalue weighted by atomic mass is 9.99. The summed E-state index contributed by atoms with van der Waals surface area (Å²) in [6, 6.07) is 10.6. The van der Waals surface area contributed by atoms with Gasteiger partial charge in [-0.05, 0) is 50.3 Å². The van der Waals surface area contributed by atoms with Gasteiger partial charge in [-0.1, -0.05) is 13.0 Å². The van der Waals surface area contributed by atoms with Crippen LogP contribution in [0.5, 0.6) is 0 Å². The molecule has 4 rings (SSSR count). The van der Waals surface area contributed by atoms with Crippen molar-refractivity contribution in [3.8, 4) is 0 Å². The molecule has 1 aromatic carbocycles. The molecule has 29 heavy (non-hydrogen) atoms. The third kappa shape index (κ3) is 4.00. The molecule has 1 aliphatic rings. The highest BCUT2D eigenvalue weighted by molar-refractivity contribution is 5.68. The third-order valence-electron chi connectivity index (χ3n) is 5.72. The fourth-order valence-electron chi connectivity index (χ4n) is 4.13. The predicted octanol–water partition coefficient (Wildman–Crippen LogP) is 3.82. The highest BCUT2D eigenvalue weighted by Gasteiger charge is 2.25. The average molecular weight is 395 g/mol. The van der Waals surface area contributed by atoms with E-state index in [2.05, 4.69) is 39.7 Å². The fourth-order valence-corrected chi connectivity index (χ4v) is 4.13. The van der Waals surface area contributed by atoms with E-state index < -0.39 is 0 Å². The van der Waals surface area contributed by atoms with Crippen molar-refractivity contribution in [3.05, 3.63) is 42.1 Å². The molecule has 0 radical (unpaired) electrons. The standard InChI is InChI=1S/C22H30N6O/c1-3-16-15-24-28-21(25-18-8-6-7-17(13-18)23-2)14-20(26-22(16)28)27-11-5-4-9-19(27)10-12-29/h6-8,13-15,19,23,25,29H,3-5,9-12H2,1-2H3. The van der Waals surface area contributed by atoms with Crippen molar-refractivity contribution in [1.29, 1.82) is 0 Å². The number of nitrogens with one attached hydrogen (secondary N) is 2. The summed E-state index contributed by atoms with van der Waals surface area (Å²) in [5, 5.41) is 20.8. The number of hydrogen-bond acceptors (Lipinski definition) is 6. The number of rotatable bonds is 7. The van der Waals surface area contributed by atoms with E-state index in [1.165, 1.54) is 6.42 Å². The molecule has 1 atom stereocenters. The van der Waals surface area contributed by atoms with Gasteiger partial charge in [0.05, 0.1) is 6.20 Å². The number of nitrogens with zero attached hydrogens (tertiary/aromatic N) is 4. The first-order valence-corrected chi connectivity index (χ1v) is 10.5. The second-order valence-electron chi connectivity index (χ2n) is 7.57. The van der Waals surface area contributed by atoms with E-state index in [0.29, 0.717) is 6.04 Å². The van der Waals surface area contributed by atoms with Crippen molar-refractivity contribution >= 4 is 28.7 Å². The summed E-state index contributed by atoms with van der Waals surface area (Å²) in [5.41, 5.74) is 4.07. The minimum absolute atomic E-state index is 0.207. The van der Waals surface area contributed by atoms with Gasteiger partial charge in [-0.2, -0.15) is 9.61 Å². The van der Waals surface area contributed by atoms with Crippen LogP contribution in [-0.4, -0.2) is 45.9 Å². The van der Waals surface area contributed by atoms with E-state index >= 15 is 0 Å². The molecule has 1 unspecified atom stereocenters. The minimum Gasteiger partial charge on any atom is -0.396 e. The molecule has 3 N–H and O–H groups in total. The molecule has 0 aliphatic carbocycles. The fraction of sp³-hybridized carbons (Fsp3) is 0.455. The highest BCUT2D eigenvalue weighted by atomic mass is 16.3. The van der Waals surface area contributed by atoms with Crippen LogP contribution in [0.25, 0.3) is 5.65 Å². The smallest absolute Gasteiger partial charge is 0.162 e. The summed E-state index contributed by atoms with van der Waals surface area (Å²) in [6.07, 6.45) is 7.03. The molecule has 1 saturated heterocycles. The Morgan fingerprint density at radius 3 is 2.86 bits per heavy atom. The first-order valence-electron chi connectivity index (χ1n) is 10.5. The van der Waals surface area contributed by atoms with Crippen LogP contribution >= 0.6 is 0 Å². The van der Waals surface area contributed by atoms with Crippen LogP contribution in [0, 0.1) is 0 Å². The lowest BCUT2D eigenvalue weighted by Crippen LogP contribution is -2.40. The van der Waals surface area contributed by atoms with E-state index in [4.69, 9.17) is 4.98 Å². The normalized spacial score (nSPS) is 16.9. The summed E-state index contributed by atoms with van der Waals surface area (Å²) in [5.74, 6) is 1.85. The second-order valence-corrected chi connectivity index (χ2v) is 7.57. The van der Waals surface area contributed by atoms with E-state index in [1.54, 1.807) is 0 Å². The molecule has 1 fully saturated rings. The molecular weight excluding hydrogens is 364 g/mol. The number of anilines is 4. The first kappa shape index (κ1) is 19.5. The Morgan fingerprint density at radius 2 is 2.07 bits per heavy atom. The maximum Gasteiger partial charge on any atom is 0.162 e. The van der Waals surface area contributed by atoms with E-state index in [0.717, 1.165) is 66.4 Å². The van der Waals surface area contributed by atoms with E-state index in [-0.39, 0.29) is 6.61 Å². The number of aliphatic hydroxyl groups is 1. The van der Waals surface area contributed by atoms with Crippen molar-refractivity contribution in [2.45, 2.75) is 45.1 Å². The summed E-state index contributed by atoms with van der Waals surface area (Å²) in [4.78, 5) is 7.35. The number of hydrogen-bond donors (Lipinski definition) is 3. The quantitative estimate of drug-likeness (QED) is 0.566. The van der Waals surface area contributed by atoms with Crippen molar-refractivity contribution in [3.63, 3.8) is 0 Å². The Kier molecular flexibility index (Phi) is 5.85. The molecule has 0 spiro atoms. The summed E-state index contributed by atoms with van der Waals surface area (Å²) in [6.45, 7) is 3.31.